The monoisotopic (exact) mass is 510 g/mol. The number of carbonyl (C=O) groups is 2. The third kappa shape index (κ3) is 7.92. The van der Waals surface area contributed by atoms with Crippen LogP contribution < -0.4 is 15.0 Å². The van der Waals surface area contributed by atoms with Gasteiger partial charge in [0.25, 0.3) is 0 Å². The summed E-state index contributed by atoms with van der Waals surface area (Å²) in [6, 6.07) is 10.0. The molecule has 0 unspecified atom stereocenters. The van der Waals surface area contributed by atoms with E-state index in [0.29, 0.717) is 25.7 Å². The van der Waals surface area contributed by atoms with E-state index in [0.717, 1.165) is 41.4 Å². The average molecular weight is 511 g/mol. The van der Waals surface area contributed by atoms with Crippen molar-refractivity contribution in [3.8, 4) is 0 Å². The van der Waals surface area contributed by atoms with Gasteiger partial charge in [-0.1, -0.05) is 73.3 Å². The van der Waals surface area contributed by atoms with E-state index in [1.54, 1.807) is 37.3 Å². The van der Waals surface area contributed by atoms with Crippen molar-refractivity contribution in [2.75, 3.05) is 10.3 Å². The van der Waals surface area contributed by atoms with Crippen molar-refractivity contribution in [2.45, 2.75) is 20.3 Å². The summed E-state index contributed by atoms with van der Waals surface area (Å²) in [6.45, 7) is 7.29. The summed E-state index contributed by atoms with van der Waals surface area (Å²) in [5.41, 5.74) is 0.384. The summed E-state index contributed by atoms with van der Waals surface area (Å²) < 4.78 is 32.9. The van der Waals surface area contributed by atoms with E-state index in [2.05, 4.69) is 21.7 Å². The average Bonchev–Trinajstić information content (AvgIpc) is 2.79. The normalized spacial score (nSPS) is 11.7. The first-order valence-electron chi connectivity index (χ1n) is 9.57. The maximum atomic E-state index is 14.7. The molecule has 2 aromatic rings. The van der Waals surface area contributed by atoms with Gasteiger partial charge in [-0.3, -0.25) is 9.52 Å². The number of carbonyl (C=O) groups excluding carboxylic acids is 2. The number of benzene rings is 2. The van der Waals surface area contributed by atoms with Crippen molar-refractivity contribution in [3.63, 3.8) is 0 Å². The first-order valence-corrected chi connectivity index (χ1v) is 11.6. The Bertz CT molecular complexity index is 1060. The van der Waals surface area contributed by atoms with Gasteiger partial charge < -0.3 is 5.32 Å². The van der Waals surface area contributed by atoms with Gasteiger partial charge in [-0.2, -0.15) is 10.1 Å². The van der Waals surface area contributed by atoms with Gasteiger partial charge >= 0.3 is 6.03 Å². The number of hydrogen-bond acceptors (Lipinski definition) is 5. The van der Waals surface area contributed by atoms with E-state index in [1.165, 1.54) is 0 Å². The molecule has 174 valence electrons. The van der Waals surface area contributed by atoms with Crippen molar-refractivity contribution in [1.29, 1.82) is 0 Å². The van der Waals surface area contributed by atoms with E-state index in [4.69, 9.17) is 11.6 Å². The lowest BCUT2D eigenvalue weighted by Crippen LogP contribution is -2.23. The fourth-order valence-electron chi connectivity index (χ4n) is 2.52. The molecule has 3 amide bonds. The number of thioether (sulfide) groups is 1. The second-order valence-corrected chi connectivity index (χ2v) is 9.16. The summed E-state index contributed by atoms with van der Waals surface area (Å²) in [6.07, 6.45) is 2.31. The predicted octanol–water partition coefficient (Wildman–Crippen LogP) is 6.82. The molecule has 0 saturated heterocycles. The molecular weight excluding hydrogens is 490 g/mol. The lowest BCUT2D eigenvalue weighted by molar-refractivity contribution is -0.107. The van der Waals surface area contributed by atoms with Crippen molar-refractivity contribution < 1.29 is 18.4 Å². The maximum absolute atomic E-state index is 14.7. The standard InChI is InChI=1S/C22H21ClF2N4O2S2/c1-4-19(15-9-7-6-8-10-15)27-29(13-30)21-17(24)11-16(12-18(21)25)26-22(31)28-33-14(3)32-20(23)5-2/h5-13H,3-4H2,1-2H3,(H2,26,28,31)/b20-5-,27-19+. The number of nitrogens with zero attached hydrogens (tertiary/aromatic N) is 2. The fraction of sp³-hybridized carbons (Fsp3) is 0.136. The lowest BCUT2D eigenvalue weighted by Gasteiger charge is -2.17. The molecule has 0 heterocycles. The highest BCUT2D eigenvalue weighted by atomic mass is 35.5. The van der Waals surface area contributed by atoms with Crippen LogP contribution >= 0.6 is 35.3 Å². The number of nitrogens with one attached hydrogen (secondary N) is 2. The molecule has 0 spiro atoms. The molecule has 0 aromatic heterocycles. The zero-order chi connectivity index (χ0) is 24.4. The Morgan fingerprint density at radius 3 is 2.42 bits per heavy atom. The minimum atomic E-state index is -1.07. The molecule has 0 bridgehead atoms. The van der Waals surface area contributed by atoms with Gasteiger partial charge in [-0.25, -0.2) is 13.6 Å². The van der Waals surface area contributed by atoms with Gasteiger partial charge in [0.05, 0.1) is 14.3 Å². The second-order valence-electron chi connectivity index (χ2n) is 6.23. The van der Waals surface area contributed by atoms with Gasteiger partial charge in [-0.15, -0.1) is 0 Å². The van der Waals surface area contributed by atoms with E-state index in [1.807, 2.05) is 13.0 Å². The molecule has 0 radical (unpaired) electrons. The Morgan fingerprint density at radius 1 is 1.24 bits per heavy atom. The van der Waals surface area contributed by atoms with Crippen LogP contribution in [0.3, 0.4) is 0 Å². The summed E-state index contributed by atoms with van der Waals surface area (Å²) in [5, 5.41) is 7.03. The number of allylic oxidation sites excluding steroid dienone is 1. The van der Waals surface area contributed by atoms with Crippen LogP contribution in [-0.2, 0) is 4.79 Å². The van der Waals surface area contributed by atoms with Crippen LogP contribution in [0.15, 0.2) is 68.8 Å². The zero-order valence-corrected chi connectivity index (χ0v) is 20.2. The summed E-state index contributed by atoms with van der Waals surface area (Å²) >= 11 is 7.91. The molecule has 0 aliphatic rings. The van der Waals surface area contributed by atoms with Gasteiger partial charge in [0.1, 0.15) is 5.69 Å². The van der Waals surface area contributed by atoms with Gasteiger partial charge in [0.2, 0.25) is 6.41 Å². The summed E-state index contributed by atoms with van der Waals surface area (Å²) in [7, 11) is 0. The quantitative estimate of drug-likeness (QED) is 0.159. The Morgan fingerprint density at radius 2 is 1.88 bits per heavy atom. The largest absolute Gasteiger partial charge is 0.329 e. The number of hydrogen-bond donors (Lipinski definition) is 2. The number of halogens is 3. The molecule has 0 saturated carbocycles. The third-order valence-corrected chi connectivity index (χ3v) is 6.09. The minimum Gasteiger partial charge on any atom is -0.307 e. The van der Waals surface area contributed by atoms with Crippen LogP contribution in [0.4, 0.5) is 25.0 Å². The van der Waals surface area contributed by atoms with Crippen molar-refractivity contribution in [1.82, 2.24) is 4.72 Å². The Hall–Kier alpha value is -2.82. The Labute approximate surface area is 204 Å². The summed E-state index contributed by atoms with van der Waals surface area (Å²) in [4.78, 5) is 23.6. The highest BCUT2D eigenvalue weighted by Gasteiger charge is 2.19. The van der Waals surface area contributed by atoms with Crippen molar-refractivity contribution in [2.24, 2.45) is 5.10 Å². The first-order chi connectivity index (χ1) is 15.8. The molecule has 2 aromatic carbocycles. The molecule has 33 heavy (non-hydrogen) atoms. The van der Waals surface area contributed by atoms with Crippen molar-refractivity contribution in [3.05, 3.63) is 80.9 Å². The minimum absolute atomic E-state index is 0.148. The molecule has 2 N–H and O–H groups in total. The molecule has 0 atom stereocenters. The van der Waals surface area contributed by atoms with Gasteiger partial charge in [0.15, 0.2) is 11.6 Å². The molecule has 0 fully saturated rings. The lowest BCUT2D eigenvalue weighted by atomic mass is 10.1. The second kappa shape index (κ2) is 13.0. The first kappa shape index (κ1) is 26.4. The van der Waals surface area contributed by atoms with Crippen LogP contribution in [0.5, 0.6) is 0 Å². The van der Waals surface area contributed by atoms with Crippen LogP contribution in [0.1, 0.15) is 25.8 Å². The molecule has 6 nitrogen and oxygen atoms in total. The number of amides is 3. The van der Waals surface area contributed by atoms with Crippen LogP contribution in [-0.4, -0.2) is 18.2 Å². The van der Waals surface area contributed by atoms with Crippen LogP contribution in [0.25, 0.3) is 0 Å². The topological polar surface area (TPSA) is 73.8 Å². The molecule has 11 heteroatoms. The highest BCUT2D eigenvalue weighted by Crippen LogP contribution is 2.33. The predicted molar refractivity (Wildman–Crippen MR) is 134 cm³/mol. The van der Waals surface area contributed by atoms with Crippen LogP contribution in [0.2, 0.25) is 0 Å². The zero-order valence-electron chi connectivity index (χ0n) is 17.8. The van der Waals surface area contributed by atoms with E-state index < -0.39 is 23.4 Å². The number of hydrazone groups is 1. The Balaban J connectivity index is 2.16. The molecular formula is C22H21ClF2N4O2S2. The highest BCUT2D eigenvalue weighted by molar-refractivity contribution is 8.24. The van der Waals surface area contributed by atoms with Gasteiger partial charge in [0, 0.05) is 5.69 Å². The maximum Gasteiger partial charge on any atom is 0.329 e. The fourth-order valence-corrected chi connectivity index (χ4v) is 4.09. The smallest absolute Gasteiger partial charge is 0.307 e. The third-order valence-electron chi connectivity index (χ3n) is 3.97. The van der Waals surface area contributed by atoms with Crippen molar-refractivity contribution >= 4 is 64.8 Å². The molecule has 0 aliphatic carbocycles. The van der Waals surface area contributed by atoms with E-state index in [9.17, 15) is 18.4 Å². The number of urea groups is 1. The van der Waals surface area contributed by atoms with Crippen LogP contribution in [0, 0.1) is 11.6 Å². The number of rotatable bonds is 10. The van der Waals surface area contributed by atoms with E-state index in [-0.39, 0.29) is 12.1 Å². The van der Waals surface area contributed by atoms with E-state index >= 15 is 0 Å². The van der Waals surface area contributed by atoms with Gasteiger partial charge in [-0.05, 0) is 43.0 Å². The Kier molecular flexibility index (Phi) is 10.4. The molecule has 2 rings (SSSR count). The molecule has 0 aliphatic heterocycles. The SMILES string of the molecule is C=C(SNC(=O)Nc1cc(F)c(N(C=O)/N=C(\CC)c2ccccc2)c(F)c1)S/C(Cl)=C\C. The summed E-state index contributed by atoms with van der Waals surface area (Å²) in [5.74, 6) is -2.14. The number of anilines is 2.